The van der Waals surface area contributed by atoms with Crippen LogP contribution in [0.15, 0.2) is 29.2 Å². The van der Waals surface area contributed by atoms with Crippen molar-refractivity contribution in [2.75, 3.05) is 37.4 Å². The van der Waals surface area contributed by atoms with E-state index < -0.39 is 16.0 Å². The fourth-order valence-corrected chi connectivity index (χ4v) is 4.37. The zero-order valence-electron chi connectivity index (χ0n) is 12.1. The molecule has 0 saturated carbocycles. The summed E-state index contributed by atoms with van der Waals surface area (Å²) in [4.78, 5) is 12.1. The molecule has 1 aromatic rings. The van der Waals surface area contributed by atoms with Crippen LogP contribution in [-0.4, -0.2) is 50.4 Å². The van der Waals surface area contributed by atoms with E-state index in [9.17, 15) is 13.2 Å². The second-order valence-corrected chi connectivity index (χ2v) is 7.50. The minimum absolute atomic E-state index is 0.0443. The van der Waals surface area contributed by atoms with Crippen molar-refractivity contribution >= 4 is 33.4 Å². The summed E-state index contributed by atoms with van der Waals surface area (Å²) >= 11 is 1.41. The van der Waals surface area contributed by atoms with Crippen LogP contribution in [0.1, 0.15) is 6.92 Å². The van der Waals surface area contributed by atoms with Crippen molar-refractivity contribution in [3.8, 4) is 0 Å². The van der Waals surface area contributed by atoms with Gasteiger partial charge in [0.15, 0.2) is 0 Å². The van der Waals surface area contributed by atoms with Gasteiger partial charge >= 0.3 is 5.97 Å². The van der Waals surface area contributed by atoms with Crippen molar-refractivity contribution in [1.82, 2.24) is 4.31 Å². The van der Waals surface area contributed by atoms with Gasteiger partial charge in [-0.3, -0.25) is 4.79 Å². The van der Waals surface area contributed by atoms with Crippen molar-refractivity contribution < 1.29 is 17.9 Å². The van der Waals surface area contributed by atoms with E-state index in [-0.39, 0.29) is 18.8 Å². The lowest BCUT2D eigenvalue weighted by Gasteiger charge is -2.18. The number of ether oxygens (including phenoxy) is 1. The molecule has 6 nitrogen and oxygen atoms in total. The summed E-state index contributed by atoms with van der Waals surface area (Å²) < 4.78 is 29.9. The summed E-state index contributed by atoms with van der Waals surface area (Å²) in [7, 11) is -2.24. The summed E-state index contributed by atoms with van der Waals surface area (Å²) in [5.41, 5.74) is 6.31. The molecule has 118 valence electrons. The number of sulfonamides is 1. The molecular weight excluding hydrogens is 312 g/mol. The largest absolute Gasteiger partial charge is 0.468 e. The van der Waals surface area contributed by atoms with E-state index in [1.165, 1.54) is 18.9 Å². The molecule has 0 aliphatic carbocycles. The normalized spacial score (nSPS) is 11.6. The lowest BCUT2D eigenvalue weighted by Crippen LogP contribution is -2.38. The number of nitrogens with zero attached hydrogens (tertiary/aromatic N) is 1. The molecule has 0 aromatic heterocycles. The Hall–Kier alpha value is -1.25. The van der Waals surface area contributed by atoms with Gasteiger partial charge in [0.2, 0.25) is 10.0 Å². The highest BCUT2D eigenvalue weighted by Crippen LogP contribution is 2.20. The lowest BCUT2D eigenvalue weighted by atomic mass is 10.3. The molecule has 0 radical (unpaired) electrons. The van der Waals surface area contributed by atoms with Gasteiger partial charge < -0.3 is 10.5 Å². The molecule has 0 spiro atoms. The van der Waals surface area contributed by atoms with Crippen molar-refractivity contribution in [1.29, 1.82) is 0 Å². The molecule has 0 heterocycles. The maximum Gasteiger partial charge on any atom is 0.321 e. The summed E-state index contributed by atoms with van der Waals surface area (Å²) in [6.45, 7) is 1.67. The first-order chi connectivity index (χ1) is 9.89. The molecule has 0 saturated heterocycles. The minimum atomic E-state index is -3.48. The first kappa shape index (κ1) is 17.8. The standard InChI is InChI=1S/C13H20N2O4S2/c1-3-15(10-13(16)19-2)21(17,18)8-7-20-12-6-4-5-11(14)9-12/h4-6,9H,3,7-8,10,14H2,1-2H3. The number of nitrogen functional groups attached to an aromatic ring is 1. The molecule has 0 unspecified atom stereocenters. The fraction of sp³-hybridized carbons (Fsp3) is 0.462. The van der Waals surface area contributed by atoms with Gasteiger partial charge in [-0.1, -0.05) is 13.0 Å². The van der Waals surface area contributed by atoms with Crippen molar-refractivity contribution in [2.45, 2.75) is 11.8 Å². The van der Waals surface area contributed by atoms with Crippen LogP contribution >= 0.6 is 11.8 Å². The minimum Gasteiger partial charge on any atom is -0.468 e. The smallest absolute Gasteiger partial charge is 0.321 e. The molecular formula is C13H20N2O4S2. The van der Waals surface area contributed by atoms with Gasteiger partial charge in [0.1, 0.15) is 6.54 Å². The highest BCUT2D eigenvalue weighted by atomic mass is 32.2. The van der Waals surface area contributed by atoms with Crippen LogP contribution in [0.2, 0.25) is 0 Å². The lowest BCUT2D eigenvalue weighted by molar-refractivity contribution is -0.140. The molecule has 0 fully saturated rings. The molecule has 1 rings (SSSR count). The van der Waals surface area contributed by atoms with E-state index in [2.05, 4.69) is 4.74 Å². The van der Waals surface area contributed by atoms with Gasteiger partial charge in [-0.15, -0.1) is 11.8 Å². The number of thioether (sulfide) groups is 1. The Bertz CT molecular complexity index is 575. The number of likely N-dealkylation sites (N-methyl/N-ethyl adjacent to an activating group) is 1. The topological polar surface area (TPSA) is 89.7 Å². The zero-order valence-corrected chi connectivity index (χ0v) is 13.7. The molecule has 1 aromatic carbocycles. The number of anilines is 1. The Balaban J connectivity index is 2.57. The highest BCUT2D eigenvalue weighted by Gasteiger charge is 2.23. The van der Waals surface area contributed by atoms with E-state index >= 15 is 0 Å². The first-order valence-corrected chi connectivity index (χ1v) is 9.01. The van der Waals surface area contributed by atoms with Crippen molar-refractivity contribution in [3.05, 3.63) is 24.3 Å². The second-order valence-electron chi connectivity index (χ2n) is 4.24. The average Bonchev–Trinajstić information content (AvgIpc) is 2.44. The van der Waals surface area contributed by atoms with Crippen molar-refractivity contribution in [2.24, 2.45) is 0 Å². The number of rotatable bonds is 8. The predicted molar refractivity (Wildman–Crippen MR) is 84.6 cm³/mol. The monoisotopic (exact) mass is 332 g/mol. The van der Waals surface area contributed by atoms with Gasteiger partial charge in [0.25, 0.3) is 0 Å². The van der Waals surface area contributed by atoms with E-state index in [0.717, 1.165) is 9.20 Å². The Morgan fingerprint density at radius 2 is 2.14 bits per heavy atom. The Morgan fingerprint density at radius 3 is 2.71 bits per heavy atom. The third-order valence-electron chi connectivity index (χ3n) is 2.75. The molecule has 8 heteroatoms. The third kappa shape index (κ3) is 5.94. The van der Waals surface area contributed by atoms with E-state index in [1.807, 2.05) is 12.1 Å². The molecule has 0 atom stereocenters. The molecule has 0 bridgehead atoms. The van der Waals surface area contributed by atoms with E-state index in [4.69, 9.17) is 5.73 Å². The van der Waals surface area contributed by atoms with E-state index in [1.54, 1.807) is 19.1 Å². The summed E-state index contributed by atoms with van der Waals surface area (Å²) in [6.07, 6.45) is 0. The Morgan fingerprint density at radius 1 is 1.43 bits per heavy atom. The number of esters is 1. The van der Waals surface area contributed by atoms with E-state index in [0.29, 0.717) is 11.4 Å². The van der Waals surface area contributed by atoms with Crippen LogP contribution in [0.4, 0.5) is 5.69 Å². The predicted octanol–water partition coefficient (Wildman–Crippen LogP) is 1.19. The average molecular weight is 332 g/mol. The van der Waals surface area contributed by atoms with Gasteiger partial charge in [-0.05, 0) is 18.2 Å². The maximum atomic E-state index is 12.2. The van der Waals surface area contributed by atoms with Crippen LogP contribution in [0.3, 0.4) is 0 Å². The second kappa shape index (κ2) is 8.26. The van der Waals surface area contributed by atoms with Crippen LogP contribution in [0.5, 0.6) is 0 Å². The molecule has 0 aliphatic rings. The number of hydrogen-bond acceptors (Lipinski definition) is 6. The molecule has 2 N–H and O–H groups in total. The fourth-order valence-electron chi connectivity index (χ4n) is 1.61. The van der Waals surface area contributed by atoms with Crippen LogP contribution in [0.25, 0.3) is 0 Å². The highest BCUT2D eigenvalue weighted by molar-refractivity contribution is 8.00. The van der Waals surface area contributed by atoms with Crippen LogP contribution in [-0.2, 0) is 19.6 Å². The van der Waals surface area contributed by atoms with Gasteiger partial charge in [0.05, 0.1) is 12.9 Å². The quantitative estimate of drug-likeness (QED) is 0.437. The first-order valence-electron chi connectivity index (χ1n) is 6.42. The molecule has 21 heavy (non-hydrogen) atoms. The Kier molecular flexibility index (Phi) is 7.00. The van der Waals surface area contributed by atoms with Crippen molar-refractivity contribution in [3.63, 3.8) is 0 Å². The van der Waals surface area contributed by atoms with Gasteiger partial charge in [-0.25, -0.2) is 8.42 Å². The number of methoxy groups -OCH3 is 1. The summed E-state index contributed by atoms with van der Waals surface area (Å²) in [6, 6.07) is 7.26. The SMILES string of the molecule is CCN(CC(=O)OC)S(=O)(=O)CCSc1cccc(N)c1. The molecule has 0 amide bonds. The summed E-state index contributed by atoms with van der Waals surface area (Å²) in [5, 5.41) is 0. The van der Waals surface area contributed by atoms with Gasteiger partial charge in [-0.2, -0.15) is 4.31 Å². The number of nitrogens with two attached hydrogens (primary N) is 1. The summed E-state index contributed by atoms with van der Waals surface area (Å²) in [5.74, 6) is -0.218. The third-order valence-corrected chi connectivity index (χ3v) is 5.90. The number of carbonyl (C=O) groups is 1. The number of hydrogen-bond donors (Lipinski definition) is 1. The van der Waals surface area contributed by atoms with Crippen LogP contribution in [0, 0.1) is 0 Å². The molecule has 0 aliphatic heterocycles. The van der Waals surface area contributed by atoms with Crippen LogP contribution < -0.4 is 5.73 Å². The zero-order chi connectivity index (χ0) is 15.9. The number of carbonyl (C=O) groups excluding carboxylic acids is 1. The number of benzene rings is 1. The van der Waals surface area contributed by atoms with Gasteiger partial charge in [0, 0.05) is 22.9 Å². The maximum absolute atomic E-state index is 12.2. The Labute approximate surface area is 129 Å².